The lowest BCUT2D eigenvalue weighted by Gasteiger charge is -2.32. The summed E-state index contributed by atoms with van der Waals surface area (Å²) >= 11 is 0. The van der Waals surface area contributed by atoms with E-state index >= 15 is 0 Å². The maximum Gasteiger partial charge on any atom is 0.272 e. The van der Waals surface area contributed by atoms with Crippen molar-refractivity contribution in [2.24, 2.45) is 0 Å². The number of anilines is 2. The van der Waals surface area contributed by atoms with Crippen molar-refractivity contribution < 1.29 is 28.7 Å². The molecule has 2 N–H and O–H groups in total. The van der Waals surface area contributed by atoms with Crippen molar-refractivity contribution in [3.63, 3.8) is 0 Å². The van der Waals surface area contributed by atoms with E-state index in [2.05, 4.69) is 54.1 Å². The van der Waals surface area contributed by atoms with Gasteiger partial charge in [-0.3, -0.25) is 29.0 Å². The second-order valence-corrected chi connectivity index (χ2v) is 17.7. The highest BCUT2D eigenvalue weighted by Gasteiger charge is 2.38. The highest BCUT2D eigenvalue weighted by Crippen LogP contribution is 2.35. The summed E-state index contributed by atoms with van der Waals surface area (Å²) in [6.45, 7) is 9.16. The summed E-state index contributed by atoms with van der Waals surface area (Å²) in [6.07, 6.45) is 5.27. The number of nitrogens with zero attached hydrogens (tertiary/aromatic N) is 8. The summed E-state index contributed by atoms with van der Waals surface area (Å²) in [7, 11) is 3.35. The van der Waals surface area contributed by atoms with Crippen LogP contribution in [0.5, 0.6) is 11.5 Å². The monoisotopic (exact) mass is 938 g/mol. The van der Waals surface area contributed by atoms with Crippen molar-refractivity contribution >= 4 is 35.0 Å². The van der Waals surface area contributed by atoms with Crippen LogP contribution in [0.4, 0.5) is 11.4 Å². The number of aromatic nitrogens is 4. The first-order valence-electron chi connectivity index (χ1n) is 23.3. The van der Waals surface area contributed by atoms with E-state index in [1.54, 1.807) is 53.0 Å². The molecule has 0 unspecified atom stereocenters. The van der Waals surface area contributed by atoms with E-state index in [0.29, 0.717) is 49.1 Å². The van der Waals surface area contributed by atoms with Crippen molar-refractivity contribution in [2.75, 3.05) is 63.2 Å². The zero-order valence-electron chi connectivity index (χ0n) is 39.5. The Morgan fingerprint density at radius 1 is 0.600 bits per heavy atom. The van der Waals surface area contributed by atoms with Crippen molar-refractivity contribution in [2.45, 2.75) is 51.2 Å². The van der Waals surface area contributed by atoms with Crippen molar-refractivity contribution in [1.29, 1.82) is 0 Å². The third-order valence-electron chi connectivity index (χ3n) is 12.7. The average Bonchev–Trinajstić information content (AvgIpc) is 4.02. The smallest absolute Gasteiger partial charge is 0.272 e. The first kappa shape index (κ1) is 46.9. The SMILES string of the molecule is C[C@@H]1Oc2ccc(C#CCN3CCN(CC#Cc4ccc5c(c4)N(C)C(=O)[C@@H](NC(=O)c4cn(Cc6ccccc6)cn4)[C@H](C)O5)CC3)cc2N(C)C(=O)[C@H]1NC(=O)c1cn(Cc2ccccc2)cn1. The molecular formula is C54H54N10O6. The number of ether oxygens (including phenoxy) is 2. The summed E-state index contributed by atoms with van der Waals surface area (Å²) in [5.41, 5.74) is 5.23. The lowest BCUT2D eigenvalue weighted by Crippen LogP contribution is -2.53. The minimum atomic E-state index is -0.934. The van der Waals surface area contributed by atoms with Gasteiger partial charge in [0.25, 0.3) is 23.6 Å². The highest BCUT2D eigenvalue weighted by atomic mass is 16.5. The van der Waals surface area contributed by atoms with E-state index in [9.17, 15) is 19.2 Å². The number of nitrogens with one attached hydrogen (secondary N) is 2. The Bertz CT molecular complexity index is 2810. The van der Waals surface area contributed by atoms with Crippen molar-refractivity contribution in [1.82, 2.24) is 39.5 Å². The molecule has 3 aliphatic heterocycles. The number of hydrogen-bond donors (Lipinski definition) is 2. The van der Waals surface area contributed by atoms with Crippen LogP contribution in [0.15, 0.2) is 122 Å². The number of piperazine rings is 1. The maximum atomic E-state index is 13.8. The average molecular weight is 939 g/mol. The van der Waals surface area contributed by atoms with Crippen LogP contribution in [0, 0.1) is 23.7 Å². The number of imidazole rings is 2. The number of hydrogen-bond acceptors (Lipinski definition) is 10. The van der Waals surface area contributed by atoms with E-state index in [4.69, 9.17) is 9.47 Å². The van der Waals surface area contributed by atoms with Crippen LogP contribution < -0.4 is 29.9 Å². The molecule has 3 aliphatic rings. The van der Waals surface area contributed by atoms with Gasteiger partial charge < -0.3 is 39.0 Å². The zero-order valence-corrected chi connectivity index (χ0v) is 39.5. The van der Waals surface area contributed by atoms with Gasteiger partial charge in [-0.15, -0.1) is 0 Å². The normalized spacial score (nSPS) is 19.1. The molecule has 1 saturated heterocycles. The quantitative estimate of drug-likeness (QED) is 0.190. The summed E-state index contributed by atoms with van der Waals surface area (Å²) < 4.78 is 16.1. The Kier molecular flexibility index (Phi) is 14.1. The first-order chi connectivity index (χ1) is 33.9. The second-order valence-electron chi connectivity index (χ2n) is 17.7. The maximum absolute atomic E-state index is 13.8. The minimum Gasteiger partial charge on any atom is -0.486 e. The number of likely N-dealkylation sites (N-methyl/N-ethyl adjacent to an activating group) is 2. The van der Waals surface area contributed by atoms with Crippen LogP contribution in [-0.2, 0) is 22.7 Å². The van der Waals surface area contributed by atoms with Gasteiger partial charge in [0.1, 0.15) is 47.2 Å². The molecule has 356 valence electrons. The fraction of sp³-hybridized carbons (Fsp3) is 0.296. The van der Waals surface area contributed by atoms with Crippen molar-refractivity contribution in [3.8, 4) is 35.2 Å². The van der Waals surface area contributed by atoms with E-state index in [1.165, 1.54) is 9.80 Å². The number of carbonyl (C=O) groups excluding carboxylic acids is 4. The number of amides is 4. The number of rotatable bonds is 10. The zero-order chi connectivity index (χ0) is 48.7. The van der Waals surface area contributed by atoms with Gasteiger partial charge in [-0.1, -0.05) is 84.3 Å². The number of benzene rings is 4. The fourth-order valence-corrected chi connectivity index (χ4v) is 8.62. The van der Waals surface area contributed by atoms with Crippen LogP contribution in [0.2, 0.25) is 0 Å². The van der Waals surface area contributed by atoms with Gasteiger partial charge in [0.05, 0.1) is 37.1 Å². The summed E-state index contributed by atoms with van der Waals surface area (Å²) in [5, 5.41) is 5.70. The lowest BCUT2D eigenvalue weighted by atomic mass is 10.1. The third kappa shape index (κ3) is 10.9. The molecule has 16 heteroatoms. The van der Waals surface area contributed by atoms with Crippen LogP contribution >= 0.6 is 0 Å². The van der Waals surface area contributed by atoms with Gasteiger partial charge in [0, 0.05) is 76.9 Å². The van der Waals surface area contributed by atoms with E-state index in [1.807, 2.05) is 106 Å². The van der Waals surface area contributed by atoms with Gasteiger partial charge in [0.15, 0.2) is 0 Å². The summed E-state index contributed by atoms with van der Waals surface area (Å²) in [6, 6.07) is 29.0. The molecule has 0 radical (unpaired) electrons. The number of fused-ring (bicyclic) bond motifs is 2. The van der Waals surface area contributed by atoms with E-state index in [0.717, 1.165) is 48.4 Å². The van der Waals surface area contributed by atoms with Gasteiger partial charge in [-0.25, -0.2) is 9.97 Å². The molecule has 2 aromatic heterocycles. The molecule has 4 amide bonds. The molecule has 16 nitrogen and oxygen atoms in total. The molecule has 4 aromatic carbocycles. The predicted molar refractivity (Wildman–Crippen MR) is 265 cm³/mol. The van der Waals surface area contributed by atoms with Gasteiger partial charge in [0.2, 0.25) is 0 Å². The predicted octanol–water partition coefficient (Wildman–Crippen LogP) is 4.28. The van der Waals surface area contributed by atoms with Crippen LogP contribution in [0.3, 0.4) is 0 Å². The molecule has 4 atom stereocenters. The van der Waals surface area contributed by atoms with Crippen LogP contribution in [0.25, 0.3) is 0 Å². The number of carbonyl (C=O) groups is 4. The van der Waals surface area contributed by atoms with Crippen LogP contribution in [0.1, 0.15) is 57.1 Å². The molecule has 1 fully saturated rings. The Morgan fingerprint density at radius 3 is 1.40 bits per heavy atom. The van der Waals surface area contributed by atoms with Gasteiger partial charge >= 0.3 is 0 Å². The molecule has 6 aromatic rings. The third-order valence-corrected chi connectivity index (χ3v) is 12.7. The molecule has 5 heterocycles. The topological polar surface area (TPSA) is 159 Å². The summed E-state index contributed by atoms with van der Waals surface area (Å²) in [5.74, 6) is 12.7. The molecule has 70 heavy (non-hydrogen) atoms. The Labute approximate surface area is 407 Å². The molecule has 9 rings (SSSR count). The standard InChI is InChI=1S/C54H54N10O6/c1-37-49(57-51(65)43-33-63(35-55-43)31-41-13-7-5-8-14-41)53(67)59(3)45-29-39(19-21-47(45)69-37)17-11-23-61-25-27-62(28-26-61)24-12-18-40-20-22-48-46(30-40)60(4)54(68)50(38(2)70-48)58-52(66)44-34-64(36-56-44)32-42-15-9-6-10-16-42/h5-10,13-16,19-22,29-30,33-38,49-50H,23-28,31-32H2,1-4H3,(H,57,65)(H,58,66)/t37-,38-,49-,50-/m0/s1. The van der Waals surface area contributed by atoms with Crippen molar-refractivity contribution in [3.05, 3.63) is 156 Å². The second kappa shape index (κ2) is 21.0. The van der Waals surface area contributed by atoms with E-state index in [-0.39, 0.29) is 23.2 Å². The van der Waals surface area contributed by atoms with Gasteiger partial charge in [-0.05, 0) is 61.4 Å². The first-order valence-corrected chi connectivity index (χ1v) is 23.3. The Hall–Kier alpha value is -8.18. The largest absolute Gasteiger partial charge is 0.486 e. The summed E-state index contributed by atoms with van der Waals surface area (Å²) in [4.78, 5) is 70.2. The molecule has 0 aliphatic carbocycles. The molecule has 0 spiro atoms. The lowest BCUT2D eigenvalue weighted by molar-refractivity contribution is -0.122. The molecular weight excluding hydrogens is 885 g/mol. The Balaban J connectivity index is 0.739. The molecule has 0 saturated carbocycles. The fourth-order valence-electron chi connectivity index (χ4n) is 8.62. The molecule has 0 bridgehead atoms. The minimum absolute atomic E-state index is 0.214. The van der Waals surface area contributed by atoms with Crippen LogP contribution in [-0.4, -0.2) is 130 Å². The van der Waals surface area contributed by atoms with E-state index < -0.39 is 36.1 Å². The highest BCUT2D eigenvalue weighted by molar-refractivity contribution is 6.04. The Morgan fingerprint density at radius 2 is 1.00 bits per heavy atom. The van der Waals surface area contributed by atoms with Gasteiger partial charge in [-0.2, -0.15) is 0 Å².